The van der Waals surface area contributed by atoms with E-state index in [4.69, 9.17) is 9.47 Å². The third-order valence-corrected chi connectivity index (χ3v) is 5.81. The van der Waals surface area contributed by atoms with Crippen LogP contribution in [0, 0.1) is 5.92 Å². The lowest BCUT2D eigenvalue weighted by molar-refractivity contribution is -0.138. The van der Waals surface area contributed by atoms with Crippen molar-refractivity contribution in [2.24, 2.45) is 5.92 Å². The second kappa shape index (κ2) is 9.67. The Morgan fingerprint density at radius 1 is 1.21 bits per heavy atom. The van der Waals surface area contributed by atoms with Crippen LogP contribution in [0.15, 0.2) is 18.2 Å². The molecule has 2 fully saturated rings. The number of ether oxygens (including phenoxy) is 2. The van der Waals surface area contributed by atoms with E-state index in [9.17, 15) is 9.59 Å². The minimum absolute atomic E-state index is 0. The van der Waals surface area contributed by atoms with Crippen LogP contribution in [0.4, 0.5) is 5.69 Å². The summed E-state index contributed by atoms with van der Waals surface area (Å²) in [5.41, 5.74) is 0.772. The first-order chi connectivity index (χ1) is 13.7. The molecule has 1 aromatic carbocycles. The van der Waals surface area contributed by atoms with Crippen LogP contribution in [0.3, 0.4) is 0 Å². The molecule has 4 rings (SSSR count). The zero-order valence-corrected chi connectivity index (χ0v) is 17.7. The Kier molecular flexibility index (Phi) is 7.24. The van der Waals surface area contributed by atoms with Crippen molar-refractivity contribution in [3.8, 4) is 11.5 Å². The molecule has 0 aliphatic carbocycles. The predicted octanol–water partition coefficient (Wildman–Crippen LogP) is 2.22. The van der Waals surface area contributed by atoms with Gasteiger partial charge in [-0.15, -0.1) is 12.4 Å². The maximum Gasteiger partial charge on any atom is 0.228 e. The third kappa shape index (κ3) is 4.61. The summed E-state index contributed by atoms with van der Waals surface area (Å²) in [5, 5.41) is 3.36. The van der Waals surface area contributed by atoms with Gasteiger partial charge < -0.3 is 24.6 Å². The number of hydrogen-bond acceptors (Lipinski definition) is 5. The number of nitrogens with one attached hydrogen (secondary N) is 1. The maximum absolute atomic E-state index is 13.3. The van der Waals surface area contributed by atoms with Gasteiger partial charge in [0, 0.05) is 37.3 Å². The van der Waals surface area contributed by atoms with E-state index < -0.39 is 0 Å². The standard InChI is InChI=1S/C21H29N3O4.ClH/c1-2-9-23(16-5-7-22-8-6-16)21(26)15-12-20(25)24(14-15)17-3-4-18-19(13-17)28-11-10-27-18;/h3-4,13,15-16,22H,2,5-12,14H2,1H3;1H. The van der Waals surface area contributed by atoms with E-state index in [-0.39, 0.29) is 42.6 Å². The van der Waals surface area contributed by atoms with E-state index in [1.807, 2.05) is 23.1 Å². The molecule has 160 valence electrons. The van der Waals surface area contributed by atoms with Crippen molar-refractivity contribution < 1.29 is 19.1 Å². The van der Waals surface area contributed by atoms with Gasteiger partial charge in [0.05, 0.1) is 5.92 Å². The van der Waals surface area contributed by atoms with Crippen LogP contribution in [0.25, 0.3) is 0 Å². The molecule has 0 bridgehead atoms. The lowest BCUT2D eigenvalue weighted by Crippen LogP contribution is -2.48. The molecule has 7 nitrogen and oxygen atoms in total. The minimum atomic E-state index is -0.276. The van der Waals surface area contributed by atoms with Gasteiger partial charge in [-0.25, -0.2) is 0 Å². The lowest BCUT2D eigenvalue weighted by atomic mass is 10.0. The summed E-state index contributed by atoms with van der Waals surface area (Å²) in [7, 11) is 0. The van der Waals surface area contributed by atoms with Crippen LogP contribution < -0.4 is 19.7 Å². The molecule has 3 heterocycles. The molecule has 0 radical (unpaired) electrons. The number of benzene rings is 1. The number of amides is 2. The van der Waals surface area contributed by atoms with Gasteiger partial charge in [-0.1, -0.05) is 6.92 Å². The molecule has 0 spiro atoms. The normalized spacial score (nSPS) is 21.6. The maximum atomic E-state index is 13.3. The minimum Gasteiger partial charge on any atom is -0.486 e. The number of fused-ring (bicyclic) bond motifs is 1. The number of anilines is 1. The highest BCUT2D eigenvalue weighted by molar-refractivity contribution is 6.00. The third-order valence-electron chi connectivity index (χ3n) is 5.81. The highest BCUT2D eigenvalue weighted by Crippen LogP contribution is 2.36. The summed E-state index contributed by atoms with van der Waals surface area (Å²) in [6.45, 7) is 6.24. The highest BCUT2D eigenvalue weighted by Gasteiger charge is 2.39. The van der Waals surface area contributed by atoms with Crippen molar-refractivity contribution in [2.45, 2.75) is 38.6 Å². The Bertz CT molecular complexity index is 739. The average molecular weight is 424 g/mol. The first kappa shape index (κ1) is 21.7. The molecule has 3 aliphatic rings. The van der Waals surface area contributed by atoms with Gasteiger partial charge in [-0.2, -0.15) is 0 Å². The van der Waals surface area contributed by atoms with Gasteiger partial charge in [0.25, 0.3) is 0 Å². The summed E-state index contributed by atoms with van der Waals surface area (Å²) in [6.07, 6.45) is 3.18. The molecule has 0 saturated carbocycles. The molecule has 0 aromatic heterocycles. The lowest BCUT2D eigenvalue weighted by Gasteiger charge is -2.36. The van der Waals surface area contributed by atoms with Crippen LogP contribution in [0.5, 0.6) is 11.5 Å². The molecule has 1 atom stereocenters. The van der Waals surface area contributed by atoms with Crippen molar-refractivity contribution in [1.82, 2.24) is 10.2 Å². The molecule has 2 amide bonds. The molecule has 1 N–H and O–H groups in total. The molecular weight excluding hydrogens is 394 g/mol. The van der Waals surface area contributed by atoms with E-state index in [1.165, 1.54) is 0 Å². The SMILES string of the molecule is CCCN(C(=O)C1CC(=O)N(c2ccc3c(c2)OCCO3)C1)C1CCNCC1.Cl. The number of rotatable bonds is 5. The first-order valence-corrected chi connectivity index (χ1v) is 10.4. The summed E-state index contributed by atoms with van der Waals surface area (Å²) >= 11 is 0. The zero-order valence-electron chi connectivity index (χ0n) is 16.9. The number of halogens is 1. The van der Waals surface area contributed by atoms with Crippen LogP contribution in [0.1, 0.15) is 32.6 Å². The number of carbonyl (C=O) groups excluding carboxylic acids is 2. The van der Waals surface area contributed by atoms with E-state index in [0.29, 0.717) is 31.3 Å². The summed E-state index contributed by atoms with van der Waals surface area (Å²) in [6, 6.07) is 5.84. The molecule has 29 heavy (non-hydrogen) atoms. The fourth-order valence-corrected chi connectivity index (χ4v) is 4.39. The Hall–Kier alpha value is -1.99. The van der Waals surface area contributed by atoms with Crippen molar-refractivity contribution in [3.63, 3.8) is 0 Å². The van der Waals surface area contributed by atoms with Gasteiger partial charge in [0.2, 0.25) is 11.8 Å². The Morgan fingerprint density at radius 3 is 2.66 bits per heavy atom. The Morgan fingerprint density at radius 2 is 1.93 bits per heavy atom. The number of nitrogens with zero attached hydrogens (tertiary/aromatic N) is 2. The second-order valence-electron chi connectivity index (χ2n) is 7.75. The number of piperidine rings is 1. The van der Waals surface area contributed by atoms with Crippen LogP contribution >= 0.6 is 12.4 Å². The monoisotopic (exact) mass is 423 g/mol. The van der Waals surface area contributed by atoms with Gasteiger partial charge in [-0.05, 0) is 44.5 Å². The van der Waals surface area contributed by atoms with Crippen LogP contribution in [-0.2, 0) is 9.59 Å². The molecule has 1 unspecified atom stereocenters. The van der Waals surface area contributed by atoms with Crippen molar-refractivity contribution in [1.29, 1.82) is 0 Å². The topological polar surface area (TPSA) is 71.1 Å². The molecule has 1 aromatic rings. The summed E-state index contributed by atoms with van der Waals surface area (Å²) < 4.78 is 11.2. The molecule has 3 aliphatic heterocycles. The van der Waals surface area contributed by atoms with Gasteiger partial charge >= 0.3 is 0 Å². The van der Waals surface area contributed by atoms with Crippen molar-refractivity contribution >= 4 is 29.9 Å². The fraction of sp³-hybridized carbons (Fsp3) is 0.619. The van der Waals surface area contributed by atoms with E-state index in [2.05, 4.69) is 12.2 Å². The first-order valence-electron chi connectivity index (χ1n) is 10.4. The fourth-order valence-electron chi connectivity index (χ4n) is 4.39. The molecular formula is C21H30ClN3O4. The summed E-state index contributed by atoms with van der Waals surface area (Å²) in [4.78, 5) is 29.7. The van der Waals surface area contributed by atoms with E-state index in [0.717, 1.165) is 44.6 Å². The zero-order chi connectivity index (χ0) is 19.5. The smallest absolute Gasteiger partial charge is 0.228 e. The van der Waals surface area contributed by atoms with E-state index >= 15 is 0 Å². The quantitative estimate of drug-likeness (QED) is 0.786. The van der Waals surface area contributed by atoms with Crippen molar-refractivity contribution in [3.05, 3.63) is 18.2 Å². The van der Waals surface area contributed by atoms with Crippen LogP contribution in [-0.4, -0.2) is 62.1 Å². The van der Waals surface area contributed by atoms with E-state index in [1.54, 1.807) is 4.90 Å². The predicted molar refractivity (Wildman–Crippen MR) is 113 cm³/mol. The largest absolute Gasteiger partial charge is 0.486 e. The van der Waals surface area contributed by atoms with Gasteiger partial charge in [-0.3, -0.25) is 9.59 Å². The van der Waals surface area contributed by atoms with Gasteiger partial charge in [0.1, 0.15) is 13.2 Å². The Labute approximate surface area is 178 Å². The Balaban J connectivity index is 0.00000240. The second-order valence-corrected chi connectivity index (χ2v) is 7.75. The number of carbonyl (C=O) groups is 2. The van der Waals surface area contributed by atoms with Gasteiger partial charge in [0.15, 0.2) is 11.5 Å². The number of hydrogen-bond donors (Lipinski definition) is 1. The molecule has 8 heteroatoms. The summed E-state index contributed by atoms with van der Waals surface area (Å²) in [5.74, 6) is 1.21. The molecule has 2 saturated heterocycles. The highest BCUT2D eigenvalue weighted by atomic mass is 35.5. The average Bonchev–Trinajstić information content (AvgIpc) is 3.13. The van der Waals surface area contributed by atoms with Crippen LogP contribution in [0.2, 0.25) is 0 Å². The van der Waals surface area contributed by atoms with Crippen molar-refractivity contribution in [2.75, 3.05) is 44.3 Å².